The molecule has 18 heavy (non-hydrogen) atoms. The smallest absolute Gasteiger partial charge is 0.185 e. The van der Waals surface area contributed by atoms with Gasteiger partial charge in [0.2, 0.25) is 0 Å². The van der Waals surface area contributed by atoms with Gasteiger partial charge in [-0.25, -0.2) is 4.98 Å². The summed E-state index contributed by atoms with van der Waals surface area (Å²) in [6.07, 6.45) is 4.67. The Kier molecular flexibility index (Phi) is 4.97. The molecule has 1 aliphatic rings. The van der Waals surface area contributed by atoms with Gasteiger partial charge in [-0.3, -0.25) is 0 Å². The molecule has 1 aromatic heterocycles. The number of ether oxygens (including phenoxy) is 1. The van der Waals surface area contributed by atoms with Crippen LogP contribution < -0.4 is 10.2 Å². The second-order valence-corrected chi connectivity index (χ2v) is 6.04. The number of nitrogens with zero attached hydrogens (tertiary/aromatic N) is 2. The van der Waals surface area contributed by atoms with Gasteiger partial charge in [-0.1, -0.05) is 0 Å². The van der Waals surface area contributed by atoms with Gasteiger partial charge < -0.3 is 15.0 Å². The molecule has 1 fully saturated rings. The molecular formula is C13H23N3OS. The van der Waals surface area contributed by atoms with Gasteiger partial charge in [-0.05, 0) is 32.7 Å². The fraction of sp³-hybridized carbons (Fsp3) is 0.769. The van der Waals surface area contributed by atoms with Gasteiger partial charge in [0.25, 0.3) is 0 Å². The summed E-state index contributed by atoms with van der Waals surface area (Å²) < 4.78 is 5.65. The summed E-state index contributed by atoms with van der Waals surface area (Å²) >= 11 is 1.75. The highest BCUT2D eigenvalue weighted by Gasteiger charge is 2.21. The van der Waals surface area contributed by atoms with Crippen molar-refractivity contribution in [3.63, 3.8) is 0 Å². The lowest BCUT2D eigenvalue weighted by Gasteiger charge is -2.15. The Balaban J connectivity index is 1.73. The molecule has 0 spiro atoms. The third kappa shape index (κ3) is 3.93. The third-order valence-electron chi connectivity index (χ3n) is 3.32. The van der Waals surface area contributed by atoms with Gasteiger partial charge in [-0.2, -0.15) is 0 Å². The number of nitrogens with one attached hydrogen (secondary N) is 1. The van der Waals surface area contributed by atoms with Crippen molar-refractivity contribution in [2.45, 2.75) is 25.8 Å². The maximum absolute atomic E-state index is 5.65. The largest absolute Gasteiger partial charge is 0.379 e. The molecule has 5 heteroatoms. The van der Waals surface area contributed by atoms with Crippen LogP contribution in [0.25, 0.3) is 0 Å². The van der Waals surface area contributed by atoms with Crippen molar-refractivity contribution in [1.29, 1.82) is 0 Å². The Bertz CT molecular complexity index is 365. The van der Waals surface area contributed by atoms with E-state index in [-0.39, 0.29) is 0 Å². The fourth-order valence-corrected chi connectivity index (χ4v) is 2.59. The summed E-state index contributed by atoms with van der Waals surface area (Å²) in [4.78, 5) is 7.91. The average Bonchev–Trinajstić information content (AvgIpc) is 3.07. The van der Waals surface area contributed by atoms with Crippen LogP contribution in [-0.4, -0.2) is 38.8 Å². The van der Waals surface area contributed by atoms with Crippen LogP contribution in [0.2, 0.25) is 0 Å². The van der Waals surface area contributed by atoms with E-state index in [0.717, 1.165) is 30.8 Å². The number of hydrogen-bond donors (Lipinski definition) is 1. The van der Waals surface area contributed by atoms with E-state index >= 15 is 0 Å². The van der Waals surface area contributed by atoms with E-state index in [1.807, 2.05) is 13.2 Å². The SMILES string of the molecule is CNC(C)c1cnc(N(C)CCOCC2CC2)s1. The molecule has 0 aromatic carbocycles. The zero-order valence-electron chi connectivity index (χ0n) is 11.5. The van der Waals surface area contributed by atoms with Crippen LogP contribution in [0.5, 0.6) is 0 Å². The molecule has 2 rings (SSSR count). The first-order valence-corrected chi connectivity index (χ1v) is 7.44. The highest BCUT2D eigenvalue weighted by molar-refractivity contribution is 7.15. The zero-order chi connectivity index (χ0) is 13.0. The van der Waals surface area contributed by atoms with Crippen LogP contribution in [0.3, 0.4) is 0 Å². The van der Waals surface area contributed by atoms with Crippen molar-refractivity contribution in [1.82, 2.24) is 10.3 Å². The van der Waals surface area contributed by atoms with Crippen molar-refractivity contribution < 1.29 is 4.74 Å². The zero-order valence-corrected chi connectivity index (χ0v) is 12.3. The lowest BCUT2D eigenvalue weighted by atomic mass is 10.3. The number of hydrogen-bond acceptors (Lipinski definition) is 5. The summed E-state index contributed by atoms with van der Waals surface area (Å²) in [5.41, 5.74) is 0. The molecule has 0 amide bonds. The van der Waals surface area contributed by atoms with Gasteiger partial charge in [0.1, 0.15) is 0 Å². The molecule has 0 radical (unpaired) electrons. The molecule has 4 nitrogen and oxygen atoms in total. The highest BCUT2D eigenvalue weighted by atomic mass is 32.1. The second-order valence-electron chi connectivity index (χ2n) is 5.00. The molecule has 1 unspecified atom stereocenters. The molecule has 102 valence electrons. The normalized spacial score (nSPS) is 16.8. The van der Waals surface area contributed by atoms with Crippen molar-refractivity contribution in [2.24, 2.45) is 5.92 Å². The highest BCUT2D eigenvalue weighted by Crippen LogP contribution is 2.29. The summed E-state index contributed by atoms with van der Waals surface area (Å²) in [7, 11) is 4.05. The van der Waals surface area contributed by atoms with E-state index < -0.39 is 0 Å². The van der Waals surface area contributed by atoms with E-state index in [2.05, 4.69) is 29.2 Å². The topological polar surface area (TPSA) is 37.4 Å². The van der Waals surface area contributed by atoms with E-state index in [0.29, 0.717) is 6.04 Å². The van der Waals surface area contributed by atoms with Crippen LogP contribution in [0.4, 0.5) is 5.13 Å². The molecule has 0 aliphatic heterocycles. The molecule has 1 aliphatic carbocycles. The van der Waals surface area contributed by atoms with E-state index in [1.165, 1.54) is 17.7 Å². The van der Waals surface area contributed by atoms with Crippen molar-refractivity contribution in [3.8, 4) is 0 Å². The number of anilines is 1. The summed E-state index contributed by atoms with van der Waals surface area (Å²) in [5.74, 6) is 0.846. The minimum atomic E-state index is 0.371. The minimum Gasteiger partial charge on any atom is -0.379 e. The van der Waals surface area contributed by atoms with Gasteiger partial charge in [-0.15, -0.1) is 11.3 Å². The first-order valence-electron chi connectivity index (χ1n) is 6.62. The predicted molar refractivity (Wildman–Crippen MR) is 76.4 cm³/mol. The summed E-state index contributed by atoms with van der Waals surface area (Å²) in [5, 5.41) is 4.30. The van der Waals surface area contributed by atoms with Gasteiger partial charge >= 0.3 is 0 Å². The maximum atomic E-state index is 5.65. The molecule has 1 saturated carbocycles. The Morgan fingerprint density at radius 1 is 1.61 bits per heavy atom. The van der Waals surface area contributed by atoms with Crippen molar-refractivity contribution in [3.05, 3.63) is 11.1 Å². The van der Waals surface area contributed by atoms with Crippen LogP contribution in [-0.2, 0) is 4.74 Å². The number of likely N-dealkylation sites (N-methyl/N-ethyl adjacent to an activating group) is 1. The lowest BCUT2D eigenvalue weighted by molar-refractivity contribution is 0.131. The predicted octanol–water partition coefficient (Wildman–Crippen LogP) is 2.29. The third-order valence-corrected chi connectivity index (χ3v) is 4.61. The lowest BCUT2D eigenvalue weighted by Crippen LogP contribution is -2.22. The Labute approximate surface area is 113 Å². The summed E-state index contributed by atoms with van der Waals surface area (Å²) in [6, 6.07) is 0.371. The number of thiazole rings is 1. The first-order chi connectivity index (χ1) is 8.70. The first kappa shape index (κ1) is 13.8. The van der Waals surface area contributed by atoms with E-state index in [4.69, 9.17) is 4.74 Å². The molecule has 1 heterocycles. The fourth-order valence-electron chi connectivity index (χ4n) is 1.63. The van der Waals surface area contributed by atoms with Crippen LogP contribution in [0.15, 0.2) is 6.20 Å². The Hall–Kier alpha value is -0.650. The van der Waals surface area contributed by atoms with Gasteiger partial charge in [0.15, 0.2) is 5.13 Å². The molecule has 0 saturated heterocycles. The monoisotopic (exact) mass is 269 g/mol. The van der Waals surface area contributed by atoms with Crippen LogP contribution in [0, 0.1) is 5.92 Å². The van der Waals surface area contributed by atoms with Crippen LogP contribution in [0.1, 0.15) is 30.7 Å². The average molecular weight is 269 g/mol. The second kappa shape index (κ2) is 6.50. The number of aromatic nitrogens is 1. The van der Waals surface area contributed by atoms with Crippen molar-refractivity contribution in [2.75, 3.05) is 38.8 Å². The molecule has 0 bridgehead atoms. The standard InChI is InChI=1S/C13H23N3OS/c1-10(14-2)12-8-15-13(18-12)16(3)6-7-17-9-11-4-5-11/h8,10-11,14H,4-7,9H2,1-3H3. The summed E-state index contributed by atoms with van der Waals surface area (Å²) in [6.45, 7) is 4.79. The Morgan fingerprint density at radius 2 is 2.39 bits per heavy atom. The molecule has 1 aromatic rings. The molecular weight excluding hydrogens is 246 g/mol. The Morgan fingerprint density at radius 3 is 3.06 bits per heavy atom. The quantitative estimate of drug-likeness (QED) is 0.735. The van der Waals surface area contributed by atoms with E-state index in [9.17, 15) is 0 Å². The minimum absolute atomic E-state index is 0.371. The van der Waals surface area contributed by atoms with Crippen LogP contribution >= 0.6 is 11.3 Å². The van der Waals surface area contributed by atoms with Crippen molar-refractivity contribution >= 4 is 16.5 Å². The molecule has 1 N–H and O–H groups in total. The maximum Gasteiger partial charge on any atom is 0.185 e. The number of rotatable bonds is 8. The van der Waals surface area contributed by atoms with Gasteiger partial charge in [0.05, 0.1) is 6.61 Å². The van der Waals surface area contributed by atoms with E-state index in [1.54, 1.807) is 11.3 Å². The van der Waals surface area contributed by atoms with Gasteiger partial charge in [0, 0.05) is 37.3 Å². The molecule has 1 atom stereocenters.